The van der Waals surface area contributed by atoms with Crippen molar-refractivity contribution in [2.45, 2.75) is 26.7 Å². The molecular formula is C20H26N2O3. The van der Waals surface area contributed by atoms with Crippen LogP contribution in [0.3, 0.4) is 0 Å². The topological polar surface area (TPSA) is 45.9 Å². The number of likely N-dealkylation sites (tertiary alicyclic amines) is 1. The van der Waals surface area contributed by atoms with Crippen molar-refractivity contribution >= 4 is 22.6 Å². The maximum absolute atomic E-state index is 12.9. The summed E-state index contributed by atoms with van der Waals surface area (Å²) in [5.74, 6) is 1.24. The van der Waals surface area contributed by atoms with E-state index in [9.17, 15) is 4.79 Å². The Labute approximate surface area is 148 Å². The highest BCUT2D eigenvalue weighted by Crippen LogP contribution is 2.31. The number of fused-ring (bicyclic) bond motifs is 1. The second-order valence-electron chi connectivity index (χ2n) is 7.31. The van der Waals surface area contributed by atoms with Gasteiger partial charge in [-0.1, -0.05) is 6.92 Å². The Hall–Kier alpha value is -2.01. The van der Waals surface area contributed by atoms with Crippen molar-refractivity contribution in [2.75, 3.05) is 44.3 Å². The van der Waals surface area contributed by atoms with E-state index in [1.165, 1.54) is 5.69 Å². The van der Waals surface area contributed by atoms with E-state index in [0.29, 0.717) is 11.7 Å². The van der Waals surface area contributed by atoms with Gasteiger partial charge in [0.15, 0.2) is 5.76 Å². The summed E-state index contributed by atoms with van der Waals surface area (Å²) in [5.41, 5.74) is 2.92. The highest BCUT2D eigenvalue weighted by atomic mass is 16.5. The van der Waals surface area contributed by atoms with Crippen LogP contribution in [-0.2, 0) is 4.74 Å². The number of carbonyl (C=O) groups is 1. The Morgan fingerprint density at radius 2 is 1.84 bits per heavy atom. The van der Waals surface area contributed by atoms with Crippen LogP contribution in [0.25, 0.3) is 11.0 Å². The molecule has 0 radical (unpaired) electrons. The van der Waals surface area contributed by atoms with E-state index in [-0.39, 0.29) is 5.91 Å². The minimum Gasteiger partial charge on any atom is -0.451 e. The van der Waals surface area contributed by atoms with Crippen LogP contribution < -0.4 is 4.90 Å². The molecule has 1 aromatic carbocycles. The number of hydrogen-bond acceptors (Lipinski definition) is 4. The molecule has 1 aromatic heterocycles. The third-order valence-corrected chi connectivity index (χ3v) is 5.56. The second kappa shape index (κ2) is 6.71. The van der Waals surface area contributed by atoms with Crippen LogP contribution in [-0.4, -0.2) is 50.2 Å². The molecule has 2 aliphatic rings. The summed E-state index contributed by atoms with van der Waals surface area (Å²) in [6.07, 6.45) is 2.15. The van der Waals surface area contributed by atoms with Gasteiger partial charge < -0.3 is 19.0 Å². The maximum atomic E-state index is 12.9. The van der Waals surface area contributed by atoms with E-state index in [0.717, 1.165) is 68.8 Å². The molecule has 134 valence electrons. The van der Waals surface area contributed by atoms with E-state index < -0.39 is 0 Å². The summed E-state index contributed by atoms with van der Waals surface area (Å²) < 4.78 is 11.4. The molecule has 2 fully saturated rings. The number of benzene rings is 1. The number of piperidine rings is 1. The van der Waals surface area contributed by atoms with Crippen LogP contribution in [0.15, 0.2) is 22.6 Å². The van der Waals surface area contributed by atoms with Crippen molar-refractivity contribution in [2.24, 2.45) is 5.92 Å². The molecule has 0 spiro atoms. The Kier molecular flexibility index (Phi) is 4.42. The van der Waals surface area contributed by atoms with Crippen LogP contribution in [0.4, 0.5) is 5.69 Å². The quantitative estimate of drug-likeness (QED) is 0.839. The van der Waals surface area contributed by atoms with E-state index >= 15 is 0 Å². The van der Waals surface area contributed by atoms with Gasteiger partial charge in [-0.2, -0.15) is 0 Å². The molecule has 0 saturated carbocycles. The number of aryl methyl sites for hydroxylation is 1. The second-order valence-corrected chi connectivity index (χ2v) is 7.31. The van der Waals surface area contributed by atoms with Crippen molar-refractivity contribution in [1.29, 1.82) is 0 Å². The number of morpholine rings is 1. The predicted octanol–water partition coefficient (Wildman–Crippen LogP) is 3.45. The fourth-order valence-electron chi connectivity index (χ4n) is 3.79. The molecular weight excluding hydrogens is 316 g/mol. The largest absolute Gasteiger partial charge is 0.451 e. The highest BCUT2D eigenvalue weighted by Gasteiger charge is 2.26. The van der Waals surface area contributed by atoms with Gasteiger partial charge in [0.2, 0.25) is 0 Å². The summed E-state index contributed by atoms with van der Waals surface area (Å²) >= 11 is 0. The van der Waals surface area contributed by atoms with Crippen LogP contribution >= 0.6 is 0 Å². The lowest BCUT2D eigenvalue weighted by Gasteiger charge is -2.29. The first kappa shape index (κ1) is 16.5. The summed E-state index contributed by atoms with van der Waals surface area (Å²) in [6, 6.07) is 6.21. The fourth-order valence-corrected chi connectivity index (χ4v) is 3.79. The zero-order valence-corrected chi connectivity index (χ0v) is 15.1. The first-order chi connectivity index (χ1) is 12.1. The predicted molar refractivity (Wildman–Crippen MR) is 98.3 cm³/mol. The third kappa shape index (κ3) is 3.13. The standard InChI is InChI=1S/C20H26N2O3/c1-14-5-7-22(8-6-14)20(23)19-15(2)17-13-16(3-4-18(17)25-19)21-9-11-24-12-10-21/h3-4,13-14H,5-12H2,1-2H3. The van der Waals surface area contributed by atoms with Gasteiger partial charge in [0.1, 0.15) is 5.58 Å². The van der Waals surface area contributed by atoms with Crippen molar-refractivity contribution < 1.29 is 13.9 Å². The van der Waals surface area contributed by atoms with E-state index in [1.54, 1.807) is 0 Å². The Bertz CT molecular complexity index is 769. The zero-order valence-electron chi connectivity index (χ0n) is 15.1. The van der Waals surface area contributed by atoms with Crippen molar-refractivity contribution in [3.63, 3.8) is 0 Å². The summed E-state index contributed by atoms with van der Waals surface area (Å²) in [7, 11) is 0. The van der Waals surface area contributed by atoms with Gasteiger partial charge in [-0.05, 0) is 43.9 Å². The monoisotopic (exact) mass is 342 g/mol. The molecule has 25 heavy (non-hydrogen) atoms. The molecule has 0 atom stereocenters. The molecule has 0 N–H and O–H groups in total. The fraction of sp³-hybridized carbons (Fsp3) is 0.550. The van der Waals surface area contributed by atoms with Crippen LogP contribution in [0, 0.1) is 12.8 Å². The van der Waals surface area contributed by atoms with Crippen molar-refractivity contribution in [3.05, 3.63) is 29.5 Å². The number of nitrogens with zero attached hydrogens (tertiary/aromatic N) is 2. The molecule has 1 amide bonds. The zero-order chi connectivity index (χ0) is 17.4. The molecule has 5 nitrogen and oxygen atoms in total. The van der Waals surface area contributed by atoms with Crippen molar-refractivity contribution in [1.82, 2.24) is 4.90 Å². The summed E-state index contributed by atoms with van der Waals surface area (Å²) in [6.45, 7) is 9.24. The van der Waals surface area contributed by atoms with Gasteiger partial charge in [0, 0.05) is 42.8 Å². The van der Waals surface area contributed by atoms with E-state index in [1.807, 2.05) is 17.9 Å². The number of amides is 1. The van der Waals surface area contributed by atoms with E-state index in [2.05, 4.69) is 24.0 Å². The molecule has 5 heteroatoms. The van der Waals surface area contributed by atoms with Crippen LogP contribution in [0.2, 0.25) is 0 Å². The normalized spacial score (nSPS) is 19.6. The average Bonchev–Trinajstić information content (AvgIpc) is 2.99. The molecule has 3 heterocycles. The first-order valence-electron chi connectivity index (χ1n) is 9.28. The summed E-state index contributed by atoms with van der Waals surface area (Å²) in [5, 5.41) is 1.04. The van der Waals surface area contributed by atoms with Gasteiger partial charge in [0.05, 0.1) is 13.2 Å². The van der Waals surface area contributed by atoms with Crippen LogP contribution in [0.5, 0.6) is 0 Å². The maximum Gasteiger partial charge on any atom is 0.289 e. The molecule has 2 saturated heterocycles. The van der Waals surface area contributed by atoms with Crippen molar-refractivity contribution in [3.8, 4) is 0 Å². The smallest absolute Gasteiger partial charge is 0.289 e. The summed E-state index contributed by atoms with van der Waals surface area (Å²) in [4.78, 5) is 17.1. The molecule has 2 aromatic rings. The lowest BCUT2D eigenvalue weighted by atomic mass is 9.99. The van der Waals surface area contributed by atoms with Gasteiger partial charge in [-0.25, -0.2) is 0 Å². The SMILES string of the molecule is Cc1c(C(=O)N2CCC(C)CC2)oc2ccc(N3CCOCC3)cc12. The van der Waals surface area contributed by atoms with Gasteiger partial charge >= 0.3 is 0 Å². The van der Waals surface area contributed by atoms with Gasteiger partial charge in [-0.3, -0.25) is 4.79 Å². The molecule has 2 aliphatic heterocycles. The first-order valence-corrected chi connectivity index (χ1v) is 9.28. The Balaban J connectivity index is 1.62. The van der Waals surface area contributed by atoms with Gasteiger partial charge in [0.25, 0.3) is 5.91 Å². The molecule has 4 rings (SSSR count). The molecule has 0 bridgehead atoms. The minimum atomic E-state index is 0.0357. The lowest BCUT2D eigenvalue weighted by molar-refractivity contribution is 0.0666. The number of ether oxygens (including phenoxy) is 1. The lowest BCUT2D eigenvalue weighted by Crippen LogP contribution is -2.38. The third-order valence-electron chi connectivity index (χ3n) is 5.56. The Morgan fingerprint density at radius 1 is 1.12 bits per heavy atom. The molecule has 0 aliphatic carbocycles. The molecule has 0 unspecified atom stereocenters. The number of furan rings is 1. The number of hydrogen-bond donors (Lipinski definition) is 0. The Morgan fingerprint density at radius 3 is 2.56 bits per heavy atom. The van der Waals surface area contributed by atoms with Gasteiger partial charge in [-0.15, -0.1) is 0 Å². The minimum absolute atomic E-state index is 0.0357. The van der Waals surface area contributed by atoms with E-state index in [4.69, 9.17) is 9.15 Å². The highest BCUT2D eigenvalue weighted by molar-refractivity contribution is 5.99. The number of rotatable bonds is 2. The van der Waals surface area contributed by atoms with Crippen LogP contribution in [0.1, 0.15) is 35.9 Å². The number of carbonyl (C=O) groups excluding carboxylic acids is 1. The average molecular weight is 342 g/mol. The number of anilines is 1.